The molecule has 53 nitrogen and oxygen atoms in total. The van der Waals surface area contributed by atoms with E-state index in [4.69, 9.17) is 147 Å². The minimum atomic E-state index is -2.43. The first kappa shape index (κ1) is 112. The molecule has 30 atom stereocenters. The van der Waals surface area contributed by atoms with Crippen LogP contribution in [0.4, 0.5) is 0 Å². The highest BCUT2D eigenvalue weighted by Gasteiger charge is 2.65. The van der Waals surface area contributed by atoms with Gasteiger partial charge in [-0.25, -0.2) is 0 Å². The molecule has 0 aliphatic carbocycles. The molecule has 0 bridgehead atoms. The van der Waals surface area contributed by atoms with Crippen LogP contribution in [-0.2, 0) is 251 Å². The third kappa shape index (κ3) is 34.5. The highest BCUT2D eigenvalue weighted by atomic mass is 127. The Labute approximate surface area is 789 Å². The molecule has 30 unspecified atom stereocenters. The van der Waals surface area contributed by atoms with Gasteiger partial charge in [0.15, 0.2) is 117 Å². The van der Waals surface area contributed by atoms with Crippen LogP contribution in [0, 0.1) is 0 Å². The maximum Gasteiger partial charge on any atom is 0.303 e. The standard InChI is InChI=1S/C82H112IN3O50/c1-33(87)107-27-53-59(113-39(7)93)65(114-40(8)94)72(121-47(15)101)78(127-53)133-61-55(29-109-35(3)89)129-80(74(123-49(17)103)67(61)116-42(10)96)135-63-57(31-111-37(5)91)131-82(76(125-51(19)105)69(63)118-44(12)98)136-64-58(32-112-38(6)92)130-81(75(124-50(18)104)70(64)119-45(13)99)134-62-56(30-110-36(4)90)128-79(73(122-48(16)102)68(62)117-43(11)97)132-60-54(28-108-34(2)88)126-77(71(120-46(14)100)66(60)115-41(9)95)106-25-21-24-86-26-52(84-85-86)22-20-23-83/h26,53-82H,20-25,27-32H2,1-19H3. The maximum atomic E-state index is 13.9. The molecule has 6 saturated heterocycles. The van der Waals surface area contributed by atoms with E-state index in [0.717, 1.165) is 148 Å². The SMILES string of the molecule is CC(=O)OCC1OC(OC2C(COC(C)=O)OC(OC3C(COC(C)=O)OC(OC4C(COC(C)=O)OC(OC5C(COC(C)=O)OC(OC6C(COC(C)=O)OC(OCCCn7cc(CCCI)nn7)C(OC(C)=O)C6OC(C)=O)C(OC(C)=O)C5OC(C)=O)C(OC(C)=O)C4OC(C)=O)C(OC(C)=O)C3OC(C)=O)C(OC(C)=O)C2OC(C)=O)C(OC(C)=O)C(OC(C)=O)C1OC(C)=O. The van der Waals surface area contributed by atoms with Crippen molar-refractivity contribution in [1.82, 2.24) is 15.0 Å². The minimum Gasteiger partial charge on any atom is -0.463 e. The molecule has 7 rings (SSSR count). The van der Waals surface area contributed by atoms with Gasteiger partial charge in [-0.2, -0.15) is 0 Å². The monoisotopic (exact) mass is 2070 g/mol. The third-order valence-corrected chi connectivity index (χ3v) is 20.4. The van der Waals surface area contributed by atoms with Crippen LogP contribution < -0.4 is 0 Å². The smallest absolute Gasteiger partial charge is 0.303 e. The van der Waals surface area contributed by atoms with Crippen LogP contribution in [0.5, 0.6) is 0 Å². The number of nitrogens with zero attached hydrogens (tertiary/aromatic N) is 3. The molecule has 762 valence electrons. The second-order valence-electron chi connectivity index (χ2n) is 31.0. The molecule has 0 aromatic carbocycles. The van der Waals surface area contributed by atoms with Crippen molar-refractivity contribution in [3.8, 4) is 0 Å². The zero-order valence-electron chi connectivity index (χ0n) is 77.5. The molecule has 0 spiro atoms. The van der Waals surface area contributed by atoms with Gasteiger partial charge in [0.2, 0.25) is 0 Å². The molecule has 6 aliphatic heterocycles. The largest absolute Gasteiger partial charge is 0.463 e. The van der Waals surface area contributed by atoms with E-state index in [1.807, 2.05) is 0 Å². The number of aryl methyl sites for hydroxylation is 2. The van der Waals surface area contributed by atoms with Gasteiger partial charge >= 0.3 is 113 Å². The molecule has 136 heavy (non-hydrogen) atoms. The van der Waals surface area contributed by atoms with Gasteiger partial charge in [0.05, 0.1) is 12.3 Å². The van der Waals surface area contributed by atoms with E-state index in [9.17, 15) is 91.1 Å². The van der Waals surface area contributed by atoms with Crippen molar-refractivity contribution in [2.75, 3.05) is 50.7 Å². The zero-order valence-corrected chi connectivity index (χ0v) is 79.7. The van der Waals surface area contributed by atoms with Gasteiger partial charge in [0.1, 0.15) is 107 Å². The normalized spacial score (nSPS) is 31.3. The van der Waals surface area contributed by atoms with Crippen LogP contribution in [-0.4, -0.2) is 363 Å². The Kier molecular flexibility index (Phi) is 44.0. The number of alkyl halides is 1. The topological polar surface area (TPSA) is 641 Å². The van der Waals surface area contributed by atoms with Crippen LogP contribution >= 0.6 is 22.6 Å². The quantitative estimate of drug-likeness (QED) is 0.0244. The van der Waals surface area contributed by atoms with Gasteiger partial charge in [-0.15, -0.1) is 5.10 Å². The predicted octanol–water partition coefficient (Wildman–Crippen LogP) is -1.18. The highest BCUT2D eigenvalue weighted by Crippen LogP contribution is 2.43. The van der Waals surface area contributed by atoms with Gasteiger partial charge in [0.25, 0.3) is 0 Å². The first-order chi connectivity index (χ1) is 64.0. The summed E-state index contributed by atoms with van der Waals surface area (Å²) in [7, 11) is 0. The molecule has 0 radical (unpaired) electrons. The number of hydrogen-bond acceptors (Lipinski definition) is 52. The lowest BCUT2D eigenvalue weighted by molar-refractivity contribution is -0.396. The van der Waals surface area contributed by atoms with Gasteiger partial charge in [-0.3, -0.25) is 95.8 Å². The molecule has 6 fully saturated rings. The Hall–Kier alpha value is -10.7. The van der Waals surface area contributed by atoms with Crippen molar-refractivity contribution in [3.05, 3.63) is 11.9 Å². The molecule has 0 amide bonds. The highest BCUT2D eigenvalue weighted by molar-refractivity contribution is 14.1. The average molecular weight is 2070 g/mol. The third-order valence-electron chi connectivity index (χ3n) is 19.6. The average Bonchev–Trinajstić information content (AvgIpc) is 0.775. The summed E-state index contributed by atoms with van der Waals surface area (Å²) in [5.74, 6) is -21.4. The number of hydrogen-bond donors (Lipinski definition) is 0. The lowest BCUT2D eigenvalue weighted by Crippen LogP contribution is -2.70. The van der Waals surface area contributed by atoms with Gasteiger partial charge in [-0.1, -0.05) is 27.8 Å². The molecule has 54 heteroatoms. The molecule has 1 aromatic rings. The van der Waals surface area contributed by atoms with Gasteiger partial charge in [0, 0.05) is 144 Å². The summed E-state index contributed by atoms with van der Waals surface area (Å²) in [5.41, 5.74) is 0.731. The number of carbonyl (C=O) groups is 19. The molecule has 7 heterocycles. The summed E-state index contributed by atoms with van der Waals surface area (Å²) >= 11 is 2.24. The van der Waals surface area contributed by atoms with E-state index < -0.39 is 337 Å². The van der Waals surface area contributed by atoms with Crippen molar-refractivity contribution in [2.24, 2.45) is 0 Å². The molecule has 0 N–H and O–H groups in total. The van der Waals surface area contributed by atoms with Gasteiger partial charge in [-0.05, 0) is 23.7 Å². The van der Waals surface area contributed by atoms with E-state index in [0.29, 0.717) is 6.42 Å². The Bertz CT molecular complexity index is 4340. The Balaban J connectivity index is 1.36. The summed E-state index contributed by atoms with van der Waals surface area (Å²) in [6.07, 6.45) is -59.7. The fourth-order valence-electron chi connectivity index (χ4n) is 15.0. The van der Waals surface area contributed by atoms with Crippen LogP contribution in [0.25, 0.3) is 0 Å². The molecular formula is C82H112IN3O50. The number of rotatable bonds is 43. The summed E-state index contributed by atoms with van der Waals surface area (Å²) in [6.45, 7) is 11.3. The molecule has 0 saturated carbocycles. The van der Waals surface area contributed by atoms with Crippen molar-refractivity contribution in [1.29, 1.82) is 0 Å². The zero-order chi connectivity index (χ0) is 101. The lowest BCUT2D eigenvalue weighted by atomic mass is 9.94. The number of halogens is 1. The van der Waals surface area contributed by atoms with E-state index in [-0.39, 0.29) is 19.6 Å². The van der Waals surface area contributed by atoms with Crippen LogP contribution in [0.1, 0.15) is 150 Å². The second-order valence-corrected chi connectivity index (χ2v) is 32.1. The van der Waals surface area contributed by atoms with Gasteiger partial charge < -0.3 is 147 Å². The molecule has 6 aliphatic rings. The van der Waals surface area contributed by atoms with Crippen LogP contribution in [0.3, 0.4) is 0 Å². The Morgan fingerprint density at radius 3 is 0.662 bits per heavy atom. The summed E-state index contributed by atoms with van der Waals surface area (Å²) < 4.78 is 189. The Morgan fingerprint density at radius 2 is 0.449 bits per heavy atom. The lowest BCUT2D eigenvalue weighted by Gasteiger charge is -2.52. The van der Waals surface area contributed by atoms with E-state index >= 15 is 0 Å². The first-order valence-electron chi connectivity index (χ1n) is 42.3. The fraction of sp³-hybridized carbons (Fsp3) is 0.744. The summed E-state index contributed by atoms with van der Waals surface area (Å²) in [6, 6.07) is 0. The first-order valence-corrected chi connectivity index (χ1v) is 43.8. The van der Waals surface area contributed by atoms with E-state index in [1.165, 1.54) is 0 Å². The molecular weight excluding hydrogens is 1950 g/mol. The van der Waals surface area contributed by atoms with E-state index in [1.54, 1.807) is 10.9 Å². The van der Waals surface area contributed by atoms with Crippen LogP contribution in [0.15, 0.2) is 6.20 Å². The van der Waals surface area contributed by atoms with Crippen molar-refractivity contribution in [2.45, 2.75) is 342 Å². The number of ether oxygens (including phenoxy) is 31. The summed E-state index contributed by atoms with van der Waals surface area (Å²) in [4.78, 5) is 253. The fourth-order valence-corrected chi connectivity index (χ4v) is 15.4. The minimum absolute atomic E-state index is 0.171. The van der Waals surface area contributed by atoms with Crippen molar-refractivity contribution < 1.29 is 238 Å². The Morgan fingerprint density at radius 1 is 0.257 bits per heavy atom. The van der Waals surface area contributed by atoms with Crippen molar-refractivity contribution in [3.63, 3.8) is 0 Å². The number of esters is 19. The van der Waals surface area contributed by atoms with Crippen LogP contribution in [0.2, 0.25) is 0 Å². The number of aromatic nitrogens is 3. The van der Waals surface area contributed by atoms with E-state index in [2.05, 4.69) is 32.9 Å². The second kappa shape index (κ2) is 53.3. The van der Waals surface area contributed by atoms with Crippen molar-refractivity contribution >= 4 is 136 Å². The number of carbonyl (C=O) groups excluding carboxylic acids is 19. The maximum absolute atomic E-state index is 13.9. The summed E-state index contributed by atoms with van der Waals surface area (Å²) in [5, 5.41) is 8.34. The predicted molar refractivity (Wildman–Crippen MR) is 436 cm³/mol. The molecule has 1 aromatic heterocycles.